The van der Waals surface area contributed by atoms with Crippen molar-refractivity contribution in [3.63, 3.8) is 0 Å². The number of carbonyl (C=O) groups excluding carboxylic acids is 1. The van der Waals surface area contributed by atoms with Gasteiger partial charge in [-0.1, -0.05) is 6.92 Å². The molecule has 3 atom stereocenters. The van der Waals surface area contributed by atoms with Crippen molar-refractivity contribution in [1.29, 1.82) is 0 Å². The van der Waals surface area contributed by atoms with Crippen LogP contribution in [0.3, 0.4) is 0 Å². The van der Waals surface area contributed by atoms with E-state index in [-0.39, 0.29) is 11.9 Å². The molecule has 4 aliphatic rings. The monoisotopic (exact) mass is 252 g/mol. The molecule has 0 saturated carbocycles. The summed E-state index contributed by atoms with van der Waals surface area (Å²) in [4.78, 5) is 17.2. The zero-order valence-electron chi connectivity index (χ0n) is 11.5. The van der Waals surface area contributed by atoms with Crippen molar-refractivity contribution in [2.45, 2.75) is 38.3 Å². The van der Waals surface area contributed by atoms with Crippen LogP contribution >= 0.6 is 0 Å². The number of piperidine rings is 4. The number of carbonyl (C=O) groups is 1. The molecule has 4 nitrogen and oxygen atoms in total. The van der Waals surface area contributed by atoms with Crippen molar-refractivity contribution in [3.05, 3.63) is 0 Å². The van der Waals surface area contributed by atoms with Gasteiger partial charge in [-0.3, -0.25) is 14.6 Å². The summed E-state index contributed by atoms with van der Waals surface area (Å²) in [5.41, 5.74) is 0. The summed E-state index contributed by atoms with van der Waals surface area (Å²) < 4.78 is 5.03. The van der Waals surface area contributed by atoms with Crippen molar-refractivity contribution in [2.75, 3.05) is 33.3 Å². The molecule has 2 bridgehead atoms. The van der Waals surface area contributed by atoms with Gasteiger partial charge in [-0.15, -0.1) is 0 Å². The van der Waals surface area contributed by atoms with E-state index in [1.54, 1.807) is 0 Å². The Hall–Kier alpha value is -0.610. The van der Waals surface area contributed by atoms with Gasteiger partial charge in [0.05, 0.1) is 13.0 Å². The van der Waals surface area contributed by atoms with Crippen LogP contribution in [0.5, 0.6) is 0 Å². The number of esters is 1. The van der Waals surface area contributed by atoms with E-state index in [2.05, 4.69) is 16.7 Å². The van der Waals surface area contributed by atoms with E-state index in [1.165, 1.54) is 33.0 Å². The fraction of sp³-hybridized carbons (Fsp3) is 0.929. The van der Waals surface area contributed by atoms with Crippen molar-refractivity contribution in [2.24, 2.45) is 11.8 Å². The van der Waals surface area contributed by atoms with Gasteiger partial charge in [-0.25, -0.2) is 0 Å². The second-order valence-electron chi connectivity index (χ2n) is 5.90. The van der Waals surface area contributed by atoms with Crippen LogP contribution in [0.4, 0.5) is 0 Å². The molecule has 102 valence electrons. The van der Waals surface area contributed by atoms with Gasteiger partial charge in [-0.05, 0) is 51.4 Å². The molecule has 0 N–H and O–H groups in total. The molecule has 4 aliphatic heterocycles. The first-order valence-corrected chi connectivity index (χ1v) is 7.32. The Morgan fingerprint density at radius 2 is 1.89 bits per heavy atom. The minimum atomic E-state index is 0.00769. The molecule has 0 radical (unpaired) electrons. The third-order valence-electron chi connectivity index (χ3n) is 5.30. The molecule has 4 rings (SSSR count). The second kappa shape index (κ2) is 4.82. The summed E-state index contributed by atoms with van der Waals surface area (Å²) in [6.45, 7) is 6.77. The number of likely N-dealkylation sites (N-methyl/N-ethyl adjacent to an activating group) is 1. The molecule has 4 heteroatoms. The van der Waals surface area contributed by atoms with Crippen LogP contribution in [0.15, 0.2) is 0 Å². The van der Waals surface area contributed by atoms with E-state index in [9.17, 15) is 4.79 Å². The molecule has 3 unspecified atom stereocenters. The van der Waals surface area contributed by atoms with Gasteiger partial charge in [0.15, 0.2) is 0 Å². The lowest BCUT2D eigenvalue weighted by atomic mass is 9.70. The van der Waals surface area contributed by atoms with Gasteiger partial charge < -0.3 is 4.74 Å². The highest BCUT2D eigenvalue weighted by atomic mass is 16.5. The minimum absolute atomic E-state index is 0.00769. The molecule has 4 fully saturated rings. The Morgan fingerprint density at radius 1 is 1.17 bits per heavy atom. The fourth-order valence-corrected chi connectivity index (χ4v) is 4.46. The van der Waals surface area contributed by atoms with E-state index >= 15 is 0 Å². The highest BCUT2D eigenvalue weighted by Crippen LogP contribution is 2.42. The van der Waals surface area contributed by atoms with Crippen LogP contribution in [-0.2, 0) is 9.53 Å². The number of hydrogen-bond acceptors (Lipinski definition) is 4. The lowest BCUT2D eigenvalue weighted by Crippen LogP contribution is -2.69. The van der Waals surface area contributed by atoms with Crippen LogP contribution in [0.2, 0.25) is 0 Å². The van der Waals surface area contributed by atoms with E-state index in [0.29, 0.717) is 12.1 Å². The summed E-state index contributed by atoms with van der Waals surface area (Å²) in [5.74, 6) is 0.909. The summed E-state index contributed by atoms with van der Waals surface area (Å²) in [6.07, 6.45) is 3.59. The number of ether oxygens (including phenoxy) is 1. The van der Waals surface area contributed by atoms with Crippen molar-refractivity contribution in [3.8, 4) is 0 Å². The standard InChI is InChI=1S/C14H24N2O2/c1-3-15-9-6-11(14(17)18-2)13-12(15)10-4-7-16(13)8-5-10/h10-13H,3-9H2,1-2H3. The highest BCUT2D eigenvalue weighted by Gasteiger charge is 2.52. The summed E-state index contributed by atoms with van der Waals surface area (Å²) >= 11 is 0. The Kier molecular flexibility index (Phi) is 3.32. The molecule has 0 aromatic heterocycles. The molecular weight excluding hydrogens is 228 g/mol. The number of nitrogens with zero attached hydrogens (tertiary/aromatic N) is 2. The maximum absolute atomic E-state index is 12.0. The molecule has 0 aliphatic carbocycles. The first-order chi connectivity index (χ1) is 8.76. The topological polar surface area (TPSA) is 32.8 Å². The summed E-state index contributed by atoms with van der Waals surface area (Å²) in [7, 11) is 1.53. The quantitative estimate of drug-likeness (QED) is 0.686. The first kappa shape index (κ1) is 12.4. The second-order valence-corrected chi connectivity index (χ2v) is 5.90. The van der Waals surface area contributed by atoms with Crippen LogP contribution in [0, 0.1) is 11.8 Å². The zero-order valence-corrected chi connectivity index (χ0v) is 11.5. The van der Waals surface area contributed by atoms with Crippen LogP contribution in [-0.4, -0.2) is 61.1 Å². The van der Waals surface area contributed by atoms with Crippen molar-refractivity contribution < 1.29 is 9.53 Å². The Balaban J connectivity index is 1.88. The maximum atomic E-state index is 12.0. The SMILES string of the molecule is CCN1CCC(C(=O)OC)C2C1C1CCN2CC1. The Bertz CT molecular complexity index is 324. The number of fused-ring (bicyclic) bond motifs is 2. The first-order valence-electron chi connectivity index (χ1n) is 7.32. The normalized spacial score (nSPS) is 43.6. The lowest BCUT2D eigenvalue weighted by Gasteiger charge is -2.58. The smallest absolute Gasteiger partial charge is 0.310 e. The molecule has 18 heavy (non-hydrogen) atoms. The van der Waals surface area contributed by atoms with Gasteiger partial charge in [0.1, 0.15) is 0 Å². The largest absolute Gasteiger partial charge is 0.469 e. The number of methoxy groups -OCH3 is 1. The number of hydrogen-bond donors (Lipinski definition) is 0. The van der Waals surface area contributed by atoms with Gasteiger partial charge in [0.25, 0.3) is 0 Å². The molecule has 0 aromatic rings. The average Bonchev–Trinajstić information content (AvgIpc) is 2.46. The lowest BCUT2D eigenvalue weighted by molar-refractivity contribution is -0.159. The Labute approximate surface area is 109 Å². The van der Waals surface area contributed by atoms with E-state index in [4.69, 9.17) is 4.74 Å². The molecule has 0 aromatic carbocycles. The summed E-state index contributed by atoms with van der Waals surface area (Å²) in [6, 6.07) is 1.01. The van der Waals surface area contributed by atoms with Gasteiger partial charge in [0, 0.05) is 12.1 Å². The minimum Gasteiger partial charge on any atom is -0.469 e. The van der Waals surface area contributed by atoms with Crippen molar-refractivity contribution in [1.82, 2.24) is 9.80 Å². The zero-order chi connectivity index (χ0) is 12.7. The van der Waals surface area contributed by atoms with Crippen molar-refractivity contribution >= 4 is 5.97 Å². The Morgan fingerprint density at radius 3 is 2.50 bits per heavy atom. The number of rotatable bonds is 2. The van der Waals surface area contributed by atoms with Crippen LogP contribution in [0.25, 0.3) is 0 Å². The summed E-state index contributed by atoms with van der Waals surface area (Å²) in [5, 5.41) is 0. The highest BCUT2D eigenvalue weighted by molar-refractivity contribution is 5.73. The van der Waals surface area contributed by atoms with Crippen LogP contribution < -0.4 is 0 Å². The molecule has 4 saturated heterocycles. The fourth-order valence-electron chi connectivity index (χ4n) is 4.46. The van der Waals surface area contributed by atoms with E-state index < -0.39 is 0 Å². The van der Waals surface area contributed by atoms with Gasteiger partial charge in [-0.2, -0.15) is 0 Å². The third-order valence-corrected chi connectivity index (χ3v) is 5.30. The number of likely N-dealkylation sites (tertiary alicyclic amines) is 1. The van der Waals surface area contributed by atoms with Gasteiger partial charge >= 0.3 is 5.97 Å². The molecule has 0 amide bonds. The van der Waals surface area contributed by atoms with Crippen LogP contribution in [0.1, 0.15) is 26.2 Å². The van der Waals surface area contributed by atoms with E-state index in [0.717, 1.165) is 25.4 Å². The molecule has 4 heterocycles. The predicted molar refractivity (Wildman–Crippen MR) is 69.2 cm³/mol. The van der Waals surface area contributed by atoms with Gasteiger partial charge in [0.2, 0.25) is 0 Å². The predicted octanol–water partition coefficient (Wildman–Crippen LogP) is 0.964. The molecule has 0 spiro atoms. The maximum Gasteiger partial charge on any atom is 0.310 e. The molecular formula is C14H24N2O2. The average molecular weight is 252 g/mol. The van der Waals surface area contributed by atoms with E-state index in [1.807, 2.05) is 0 Å². The third kappa shape index (κ3) is 1.77.